The molecule has 0 saturated carbocycles. The zero-order valence-electron chi connectivity index (χ0n) is 10.9. The van der Waals surface area contributed by atoms with Crippen molar-refractivity contribution in [1.29, 1.82) is 0 Å². The first kappa shape index (κ1) is 14.4. The first-order chi connectivity index (χ1) is 10.0. The summed E-state index contributed by atoms with van der Waals surface area (Å²) < 4.78 is 12.4. The minimum Gasteiger partial charge on any atom is -0.486 e. The van der Waals surface area contributed by atoms with Crippen LogP contribution >= 0.6 is 31.9 Å². The molecule has 1 heterocycles. The molecule has 0 aromatic heterocycles. The van der Waals surface area contributed by atoms with Crippen LogP contribution in [0.2, 0.25) is 0 Å². The van der Waals surface area contributed by atoms with Gasteiger partial charge in [0.2, 0.25) is 0 Å². The van der Waals surface area contributed by atoms with E-state index in [1.54, 1.807) is 30.3 Å². The third-order valence-electron chi connectivity index (χ3n) is 3.06. The van der Waals surface area contributed by atoms with Gasteiger partial charge in [-0.15, -0.1) is 0 Å². The highest BCUT2D eigenvalue weighted by Gasteiger charge is 2.20. The van der Waals surface area contributed by atoms with Crippen molar-refractivity contribution in [2.75, 3.05) is 18.9 Å². The topological polar surface area (TPSA) is 61.6 Å². The number of hydrogen-bond acceptors (Lipinski definition) is 4. The lowest BCUT2D eigenvalue weighted by atomic mass is 10.0. The Kier molecular flexibility index (Phi) is 3.91. The number of anilines is 1. The molecule has 0 unspecified atom stereocenters. The van der Waals surface area contributed by atoms with Crippen molar-refractivity contribution in [3.8, 4) is 11.5 Å². The number of ketones is 1. The van der Waals surface area contributed by atoms with E-state index in [4.69, 9.17) is 15.2 Å². The Morgan fingerprint density at radius 1 is 1.00 bits per heavy atom. The monoisotopic (exact) mass is 411 g/mol. The Balaban J connectivity index is 2.05. The van der Waals surface area contributed by atoms with E-state index in [2.05, 4.69) is 31.9 Å². The van der Waals surface area contributed by atoms with Crippen molar-refractivity contribution in [3.05, 3.63) is 50.4 Å². The number of halogens is 2. The number of fused-ring (bicyclic) bond motifs is 1. The first-order valence-electron chi connectivity index (χ1n) is 6.24. The fourth-order valence-electron chi connectivity index (χ4n) is 2.14. The summed E-state index contributed by atoms with van der Waals surface area (Å²) in [4.78, 5) is 12.7. The van der Waals surface area contributed by atoms with Crippen LogP contribution in [0.15, 0.2) is 39.3 Å². The molecule has 6 heteroatoms. The van der Waals surface area contributed by atoms with Crippen molar-refractivity contribution < 1.29 is 14.3 Å². The minimum absolute atomic E-state index is 0.133. The normalized spacial score (nSPS) is 13.0. The Morgan fingerprint density at radius 2 is 1.67 bits per heavy atom. The van der Waals surface area contributed by atoms with Gasteiger partial charge in [-0.2, -0.15) is 0 Å². The van der Waals surface area contributed by atoms with E-state index in [9.17, 15) is 4.79 Å². The second kappa shape index (κ2) is 5.69. The van der Waals surface area contributed by atoms with Gasteiger partial charge >= 0.3 is 0 Å². The molecule has 0 bridgehead atoms. The van der Waals surface area contributed by atoms with Crippen molar-refractivity contribution in [1.82, 2.24) is 0 Å². The first-order valence-corrected chi connectivity index (χ1v) is 7.83. The van der Waals surface area contributed by atoms with Crippen LogP contribution < -0.4 is 15.2 Å². The molecule has 2 aromatic rings. The summed E-state index contributed by atoms with van der Waals surface area (Å²) in [6.45, 7) is 0.987. The zero-order valence-corrected chi connectivity index (χ0v) is 14.0. The largest absolute Gasteiger partial charge is 0.486 e. The number of carbonyl (C=O) groups is 1. The van der Waals surface area contributed by atoms with Gasteiger partial charge in [0.1, 0.15) is 13.2 Å². The van der Waals surface area contributed by atoms with Crippen molar-refractivity contribution in [2.24, 2.45) is 0 Å². The highest BCUT2D eigenvalue weighted by atomic mass is 79.9. The molecule has 3 rings (SSSR count). The molecular weight excluding hydrogens is 402 g/mol. The fraction of sp³-hybridized carbons (Fsp3) is 0.133. The summed E-state index contributed by atoms with van der Waals surface area (Å²) in [5.41, 5.74) is 7.34. The van der Waals surface area contributed by atoms with Crippen LogP contribution in [0.3, 0.4) is 0 Å². The van der Waals surface area contributed by atoms with E-state index in [0.29, 0.717) is 46.0 Å². The van der Waals surface area contributed by atoms with E-state index < -0.39 is 0 Å². The molecule has 0 spiro atoms. The summed E-state index contributed by atoms with van der Waals surface area (Å²) in [6.07, 6.45) is 0. The Morgan fingerprint density at radius 3 is 2.33 bits per heavy atom. The van der Waals surface area contributed by atoms with E-state index in [-0.39, 0.29) is 5.78 Å². The summed E-state index contributed by atoms with van der Waals surface area (Å²) in [5, 5.41) is 0. The Hall–Kier alpha value is -1.53. The summed E-state index contributed by atoms with van der Waals surface area (Å²) in [5.74, 6) is 1.08. The minimum atomic E-state index is -0.133. The smallest absolute Gasteiger partial charge is 0.194 e. The van der Waals surface area contributed by atoms with Crippen molar-refractivity contribution >= 4 is 43.3 Å². The molecular formula is C15H11Br2NO3. The molecule has 2 aromatic carbocycles. The number of nitrogen functional groups attached to an aromatic ring is 1. The number of ether oxygens (including phenoxy) is 2. The average molecular weight is 413 g/mol. The van der Waals surface area contributed by atoms with Gasteiger partial charge in [0.25, 0.3) is 0 Å². The maximum absolute atomic E-state index is 12.7. The van der Waals surface area contributed by atoms with Crippen LogP contribution in [0, 0.1) is 0 Å². The third kappa shape index (κ3) is 2.91. The van der Waals surface area contributed by atoms with Gasteiger partial charge in [-0.05, 0) is 46.3 Å². The van der Waals surface area contributed by atoms with Gasteiger partial charge in [-0.1, -0.05) is 15.9 Å². The molecule has 0 saturated heterocycles. The molecule has 1 aliphatic rings. The molecule has 0 amide bonds. The number of benzene rings is 2. The quantitative estimate of drug-likeness (QED) is 0.602. The molecule has 0 aliphatic carbocycles. The van der Waals surface area contributed by atoms with E-state index in [0.717, 1.165) is 4.47 Å². The Bertz CT molecular complexity index is 711. The van der Waals surface area contributed by atoms with Gasteiger partial charge in [-0.25, -0.2) is 0 Å². The van der Waals surface area contributed by atoms with Crippen molar-refractivity contribution in [3.63, 3.8) is 0 Å². The highest BCUT2D eigenvalue weighted by molar-refractivity contribution is 9.10. The molecule has 0 fully saturated rings. The summed E-state index contributed by atoms with van der Waals surface area (Å²) in [7, 11) is 0. The number of nitrogens with two attached hydrogens (primary N) is 1. The van der Waals surface area contributed by atoms with E-state index >= 15 is 0 Å². The number of carbonyl (C=O) groups excluding carboxylic acids is 1. The maximum atomic E-state index is 12.7. The Labute approximate surface area is 138 Å². The maximum Gasteiger partial charge on any atom is 0.194 e. The van der Waals surface area contributed by atoms with Gasteiger partial charge in [0.05, 0.1) is 0 Å². The van der Waals surface area contributed by atoms with Crippen molar-refractivity contribution in [2.45, 2.75) is 0 Å². The van der Waals surface area contributed by atoms with Crippen LogP contribution in [0.1, 0.15) is 15.9 Å². The molecule has 0 radical (unpaired) electrons. The SMILES string of the molecule is Nc1cc(Br)cc(C(=O)c2cc3c(cc2Br)OCCO3)c1. The molecule has 21 heavy (non-hydrogen) atoms. The lowest BCUT2D eigenvalue weighted by Crippen LogP contribution is -2.16. The highest BCUT2D eigenvalue weighted by Crippen LogP contribution is 2.36. The number of rotatable bonds is 2. The van der Waals surface area contributed by atoms with Crippen LogP contribution in [0.25, 0.3) is 0 Å². The van der Waals surface area contributed by atoms with Gasteiger partial charge in [-0.3, -0.25) is 4.79 Å². The van der Waals surface area contributed by atoms with Gasteiger partial charge < -0.3 is 15.2 Å². The predicted molar refractivity (Wildman–Crippen MR) is 87.1 cm³/mol. The van der Waals surface area contributed by atoms with Crippen LogP contribution in [-0.2, 0) is 0 Å². The molecule has 1 aliphatic heterocycles. The zero-order chi connectivity index (χ0) is 15.0. The second-order valence-corrected chi connectivity index (χ2v) is 6.35. The standard InChI is InChI=1S/C15H11Br2NO3/c16-9-3-8(4-10(18)5-9)15(19)11-6-13-14(7-12(11)17)21-2-1-20-13/h3-7H,1-2,18H2. The number of hydrogen-bond donors (Lipinski definition) is 1. The molecule has 108 valence electrons. The van der Waals surface area contributed by atoms with Crippen LogP contribution in [0.5, 0.6) is 11.5 Å². The fourth-order valence-corrected chi connectivity index (χ4v) is 3.15. The second-order valence-electron chi connectivity index (χ2n) is 4.58. The predicted octanol–water partition coefficient (Wildman–Crippen LogP) is 3.80. The molecule has 0 atom stereocenters. The lowest BCUT2D eigenvalue weighted by Gasteiger charge is -2.19. The van der Waals surface area contributed by atoms with Crippen LogP contribution in [-0.4, -0.2) is 19.0 Å². The van der Waals surface area contributed by atoms with Gasteiger partial charge in [0.15, 0.2) is 17.3 Å². The molecule has 4 nitrogen and oxygen atoms in total. The summed E-state index contributed by atoms with van der Waals surface area (Å²) >= 11 is 6.75. The van der Waals surface area contributed by atoms with Gasteiger partial charge in [0, 0.05) is 25.8 Å². The van der Waals surface area contributed by atoms with E-state index in [1.807, 2.05) is 0 Å². The van der Waals surface area contributed by atoms with Crippen LogP contribution in [0.4, 0.5) is 5.69 Å². The summed E-state index contributed by atoms with van der Waals surface area (Å²) in [6, 6.07) is 8.58. The lowest BCUT2D eigenvalue weighted by molar-refractivity contribution is 0.103. The third-order valence-corrected chi connectivity index (χ3v) is 4.17. The average Bonchev–Trinajstić information content (AvgIpc) is 2.44. The van der Waals surface area contributed by atoms with E-state index in [1.165, 1.54) is 0 Å². The molecule has 2 N–H and O–H groups in total.